The molecule has 9 heteroatoms. The molecule has 1 aromatic heterocycles. The third-order valence-corrected chi connectivity index (χ3v) is 10.7. The number of anilines is 1. The van der Waals surface area contributed by atoms with Crippen molar-refractivity contribution in [3.8, 4) is 12.1 Å². The number of benzene rings is 1. The minimum absolute atomic E-state index is 0.0269. The Bertz CT molecular complexity index is 1470. The van der Waals surface area contributed by atoms with E-state index in [0.717, 1.165) is 56.6 Å². The van der Waals surface area contributed by atoms with E-state index in [1.54, 1.807) is 6.08 Å². The normalized spacial score (nSPS) is 25.1. The van der Waals surface area contributed by atoms with Crippen LogP contribution >= 0.6 is 0 Å². The maximum Gasteiger partial charge on any atom is 0.318 e. The summed E-state index contributed by atoms with van der Waals surface area (Å²) in [5.74, 6) is 0.913. The summed E-state index contributed by atoms with van der Waals surface area (Å²) in [6.45, 7) is 6.43. The Labute approximate surface area is 268 Å². The lowest BCUT2D eigenvalue weighted by Gasteiger charge is -2.44. The number of hydrogen-bond donors (Lipinski definition) is 0. The lowest BCUT2D eigenvalue weighted by Crippen LogP contribution is -2.55. The van der Waals surface area contributed by atoms with Crippen LogP contribution in [0.2, 0.25) is 0 Å². The summed E-state index contributed by atoms with van der Waals surface area (Å²) in [6.07, 6.45) is 12.5. The number of hydrogen-bond acceptors (Lipinski definition) is 8. The van der Waals surface area contributed by atoms with Gasteiger partial charge in [0.05, 0.1) is 24.2 Å². The zero-order valence-corrected chi connectivity index (χ0v) is 27.6. The summed E-state index contributed by atoms with van der Waals surface area (Å²) < 4.78 is 6.38. The monoisotopic (exact) mass is 611 g/mol. The summed E-state index contributed by atoms with van der Waals surface area (Å²) in [7, 11) is 6.13. The maximum absolute atomic E-state index is 13.2. The van der Waals surface area contributed by atoms with E-state index in [1.165, 1.54) is 35.1 Å². The highest BCUT2D eigenvalue weighted by atomic mass is 16.5. The number of carbonyl (C=O) groups excluding carboxylic acids is 1. The van der Waals surface area contributed by atoms with Crippen LogP contribution in [0.25, 0.3) is 0 Å². The molecule has 0 radical (unpaired) electrons. The zero-order chi connectivity index (χ0) is 31.6. The van der Waals surface area contributed by atoms with Gasteiger partial charge in [0.15, 0.2) is 0 Å². The van der Waals surface area contributed by atoms with Gasteiger partial charge >= 0.3 is 6.01 Å². The molecule has 240 valence electrons. The highest BCUT2D eigenvalue weighted by molar-refractivity contribution is 5.88. The maximum atomic E-state index is 13.2. The molecule has 0 N–H and O–H groups in total. The quantitative estimate of drug-likeness (QED) is 0.415. The van der Waals surface area contributed by atoms with Crippen molar-refractivity contribution in [3.63, 3.8) is 0 Å². The van der Waals surface area contributed by atoms with Crippen molar-refractivity contribution in [3.05, 3.63) is 58.3 Å². The fourth-order valence-electron chi connectivity index (χ4n) is 8.03. The number of nitriles is 1. The summed E-state index contributed by atoms with van der Waals surface area (Å²) in [4.78, 5) is 31.9. The van der Waals surface area contributed by atoms with Crippen molar-refractivity contribution in [1.82, 2.24) is 24.7 Å². The predicted molar refractivity (Wildman–Crippen MR) is 176 cm³/mol. The summed E-state index contributed by atoms with van der Waals surface area (Å²) in [6, 6.07) is 9.75. The average molecular weight is 612 g/mol. The molecular weight excluding hydrogens is 562 g/mol. The minimum Gasteiger partial charge on any atom is -0.462 e. The van der Waals surface area contributed by atoms with Crippen LogP contribution in [-0.4, -0.2) is 103 Å². The fraction of sp³-hybridized carbons (Fsp3) is 0.611. The van der Waals surface area contributed by atoms with Gasteiger partial charge in [-0.2, -0.15) is 15.2 Å². The zero-order valence-electron chi connectivity index (χ0n) is 27.6. The third-order valence-electron chi connectivity index (χ3n) is 10.7. The number of aryl methyl sites for hydroxylation is 1. The summed E-state index contributed by atoms with van der Waals surface area (Å²) >= 11 is 0. The molecule has 1 aromatic carbocycles. The molecule has 4 aliphatic rings. The second-order valence-corrected chi connectivity index (χ2v) is 14.1. The first-order valence-corrected chi connectivity index (χ1v) is 16.8. The molecule has 6 rings (SSSR count). The van der Waals surface area contributed by atoms with Gasteiger partial charge in [0.2, 0.25) is 5.91 Å². The molecule has 3 heterocycles. The van der Waals surface area contributed by atoms with E-state index in [1.807, 2.05) is 30.0 Å². The summed E-state index contributed by atoms with van der Waals surface area (Å²) in [5, 5.41) is 9.70. The van der Waals surface area contributed by atoms with Crippen LogP contribution in [0.3, 0.4) is 0 Å². The number of likely N-dealkylation sites (tertiary alicyclic amines) is 1. The summed E-state index contributed by atoms with van der Waals surface area (Å²) in [5.41, 5.74) is 7.00. The van der Waals surface area contributed by atoms with Crippen LogP contribution in [0.4, 0.5) is 5.82 Å². The second kappa shape index (κ2) is 13.5. The first-order chi connectivity index (χ1) is 21.7. The van der Waals surface area contributed by atoms with E-state index in [0.29, 0.717) is 44.8 Å². The molecule has 1 amide bonds. The topological polar surface area (TPSA) is 88.8 Å². The van der Waals surface area contributed by atoms with Crippen molar-refractivity contribution in [2.75, 3.05) is 65.4 Å². The predicted octanol–water partition coefficient (Wildman–Crippen LogP) is 3.97. The molecule has 3 atom stereocenters. The van der Waals surface area contributed by atoms with Gasteiger partial charge in [-0.15, -0.1) is 0 Å². The minimum atomic E-state index is -0.199. The second-order valence-electron chi connectivity index (χ2n) is 14.1. The molecular formula is C36H49N7O2. The number of fused-ring (bicyclic) bond motifs is 2. The van der Waals surface area contributed by atoms with Crippen LogP contribution in [0.5, 0.6) is 6.01 Å². The molecule has 2 aliphatic carbocycles. The number of carbonyl (C=O) groups is 1. The molecule has 3 unspecified atom stereocenters. The largest absolute Gasteiger partial charge is 0.462 e. The number of ether oxygens (including phenoxy) is 1. The molecule has 2 fully saturated rings. The van der Waals surface area contributed by atoms with E-state index in [4.69, 9.17) is 14.7 Å². The Hall–Kier alpha value is -3.48. The lowest BCUT2D eigenvalue weighted by atomic mass is 9.63. The van der Waals surface area contributed by atoms with E-state index in [-0.39, 0.29) is 23.8 Å². The van der Waals surface area contributed by atoms with Gasteiger partial charge in [0, 0.05) is 43.9 Å². The van der Waals surface area contributed by atoms with Gasteiger partial charge in [-0.05, 0) is 108 Å². The molecule has 1 spiro atoms. The Morgan fingerprint density at radius 1 is 1.13 bits per heavy atom. The van der Waals surface area contributed by atoms with E-state index in [2.05, 4.69) is 48.0 Å². The molecule has 2 aromatic rings. The van der Waals surface area contributed by atoms with Gasteiger partial charge in [-0.1, -0.05) is 24.3 Å². The standard InChI is InChI=1S/C36H49N7O2/c1-26-8-5-9-27-22-36(15-12-30(26)27)16-13-31-32(23-36)38-35(45-25-29-10-6-19-41(29)4)39-34(31)42-20-21-43(28(24-42)14-17-37)33(44)11-7-18-40(2)3/h5,7-9,11,28-29H,6,10,12-16,18-25H2,1-4H3/b11-7+. The number of likely N-dealkylation sites (N-methyl/N-ethyl adjacent to an activating group) is 2. The van der Waals surface area contributed by atoms with Crippen molar-refractivity contribution in [1.29, 1.82) is 5.26 Å². The SMILES string of the molecule is Cc1cccc2c1CCC1(CCc3c(nc(OCC4CCCN4C)nc3N3CCN(C(=O)/C=C/CN(C)C)C(CC#N)C3)C1)C2. The molecule has 9 nitrogen and oxygen atoms in total. The Balaban J connectivity index is 1.27. The fourth-order valence-corrected chi connectivity index (χ4v) is 8.03. The van der Waals surface area contributed by atoms with Crippen LogP contribution in [0.15, 0.2) is 30.4 Å². The third kappa shape index (κ3) is 6.87. The molecule has 45 heavy (non-hydrogen) atoms. The van der Waals surface area contributed by atoms with Crippen LogP contribution in [-0.2, 0) is 30.5 Å². The van der Waals surface area contributed by atoms with Gasteiger partial charge in [0.1, 0.15) is 12.4 Å². The van der Waals surface area contributed by atoms with Crippen molar-refractivity contribution < 1.29 is 9.53 Å². The van der Waals surface area contributed by atoms with Crippen molar-refractivity contribution in [2.24, 2.45) is 5.41 Å². The van der Waals surface area contributed by atoms with Crippen LogP contribution < -0.4 is 9.64 Å². The number of rotatable bonds is 8. The Kier molecular flexibility index (Phi) is 9.44. The first kappa shape index (κ1) is 31.5. The Morgan fingerprint density at radius 2 is 1.96 bits per heavy atom. The van der Waals surface area contributed by atoms with Crippen LogP contribution in [0, 0.1) is 23.7 Å². The number of aromatic nitrogens is 2. The average Bonchev–Trinajstić information content (AvgIpc) is 3.43. The highest BCUT2D eigenvalue weighted by Gasteiger charge is 2.41. The highest BCUT2D eigenvalue weighted by Crippen LogP contribution is 2.47. The lowest BCUT2D eigenvalue weighted by molar-refractivity contribution is -0.128. The van der Waals surface area contributed by atoms with Gasteiger partial charge in [-0.25, -0.2) is 0 Å². The van der Waals surface area contributed by atoms with Crippen molar-refractivity contribution in [2.45, 2.75) is 76.8 Å². The smallest absolute Gasteiger partial charge is 0.318 e. The molecule has 0 bridgehead atoms. The van der Waals surface area contributed by atoms with E-state index >= 15 is 0 Å². The first-order valence-electron chi connectivity index (χ1n) is 16.8. The number of piperazine rings is 1. The molecule has 0 saturated carbocycles. The number of amides is 1. The van der Waals surface area contributed by atoms with Gasteiger partial charge in [-0.3, -0.25) is 4.79 Å². The molecule has 2 aliphatic heterocycles. The van der Waals surface area contributed by atoms with E-state index < -0.39 is 0 Å². The number of nitrogens with zero attached hydrogens (tertiary/aromatic N) is 7. The van der Waals surface area contributed by atoms with Gasteiger partial charge < -0.3 is 24.3 Å². The van der Waals surface area contributed by atoms with Gasteiger partial charge in [0.25, 0.3) is 0 Å². The molecule has 2 saturated heterocycles. The Morgan fingerprint density at radius 3 is 2.71 bits per heavy atom. The van der Waals surface area contributed by atoms with Crippen molar-refractivity contribution >= 4 is 11.7 Å². The van der Waals surface area contributed by atoms with E-state index in [9.17, 15) is 10.1 Å². The van der Waals surface area contributed by atoms with Crippen LogP contribution in [0.1, 0.15) is 60.1 Å².